The van der Waals surface area contributed by atoms with E-state index in [1.165, 1.54) is 31.2 Å². The topological polar surface area (TPSA) is 63.2 Å². The molecule has 134 valence electrons. The highest BCUT2D eigenvalue weighted by Gasteiger charge is 2.30. The Morgan fingerprint density at radius 3 is 2.20 bits per heavy atom. The van der Waals surface area contributed by atoms with E-state index < -0.39 is 27.5 Å². The predicted molar refractivity (Wildman–Crippen MR) is 87.9 cm³/mol. The first-order valence-corrected chi connectivity index (χ1v) is 9.06. The summed E-state index contributed by atoms with van der Waals surface area (Å²) in [6.45, 7) is 1.50. The second-order valence-corrected chi connectivity index (χ2v) is 7.57. The van der Waals surface area contributed by atoms with E-state index in [4.69, 9.17) is 0 Å². The van der Waals surface area contributed by atoms with E-state index in [2.05, 4.69) is 5.32 Å². The second-order valence-electron chi connectivity index (χ2n) is 5.32. The number of halogens is 3. The first kappa shape index (κ1) is 19.0. The highest BCUT2D eigenvalue weighted by Crippen LogP contribution is 2.29. The van der Waals surface area contributed by atoms with E-state index >= 15 is 0 Å². The van der Waals surface area contributed by atoms with Gasteiger partial charge in [-0.15, -0.1) is 0 Å². The zero-order valence-electron chi connectivity index (χ0n) is 13.3. The lowest BCUT2D eigenvalue weighted by Crippen LogP contribution is -2.17. The van der Waals surface area contributed by atoms with Crippen molar-refractivity contribution in [3.8, 4) is 0 Å². The van der Waals surface area contributed by atoms with Gasteiger partial charge in [0.2, 0.25) is 5.91 Å². The molecule has 0 unspecified atom stereocenters. The zero-order chi connectivity index (χ0) is 18.7. The highest BCUT2D eigenvalue weighted by molar-refractivity contribution is 7.91. The van der Waals surface area contributed by atoms with Crippen molar-refractivity contribution >= 4 is 21.4 Å². The van der Waals surface area contributed by atoms with Gasteiger partial charge in [-0.3, -0.25) is 4.79 Å². The van der Waals surface area contributed by atoms with Crippen molar-refractivity contribution in [2.24, 2.45) is 0 Å². The van der Waals surface area contributed by atoms with Crippen LogP contribution in [0.15, 0.2) is 53.4 Å². The number of sulfone groups is 1. The van der Waals surface area contributed by atoms with E-state index in [0.717, 1.165) is 12.1 Å². The van der Waals surface area contributed by atoms with Gasteiger partial charge < -0.3 is 5.32 Å². The molecule has 4 nitrogen and oxygen atoms in total. The Balaban J connectivity index is 2.14. The molecule has 0 aliphatic rings. The Morgan fingerprint density at radius 1 is 1.04 bits per heavy atom. The standard InChI is InChI=1S/C17H16F3NO3S/c1-2-25(23,24)15-6-4-3-5-14(15)21-16(22)11-12-7-9-13(10-8-12)17(18,19)20/h3-10H,2,11H2,1H3,(H,21,22). The Hall–Kier alpha value is -2.35. The number of carbonyl (C=O) groups is 1. The molecule has 0 spiro atoms. The van der Waals surface area contributed by atoms with Crippen molar-refractivity contribution in [2.75, 3.05) is 11.1 Å². The molecule has 1 N–H and O–H groups in total. The molecule has 8 heteroatoms. The van der Waals surface area contributed by atoms with Gasteiger partial charge >= 0.3 is 6.18 Å². The minimum Gasteiger partial charge on any atom is -0.325 e. The van der Waals surface area contributed by atoms with Crippen LogP contribution in [-0.4, -0.2) is 20.1 Å². The van der Waals surface area contributed by atoms with E-state index in [1.54, 1.807) is 12.1 Å². The normalized spacial score (nSPS) is 12.0. The minimum atomic E-state index is -4.44. The Kier molecular flexibility index (Phi) is 5.52. The van der Waals surface area contributed by atoms with Crippen LogP contribution in [0.5, 0.6) is 0 Å². The van der Waals surface area contributed by atoms with Crippen LogP contribution in [0.1, 0.15) is 18.1 Å². The van der Waals surface area contributed by atoms with E-state index in [1.807, 2.05) is 0 Å². The van der Waals surface area contributed by atoms with Crippen LogP contribution in [0.4, 0.5) is 18.9 Å². The summed E-state index contributed by atoms with van der Waals surface area (Å²) in [6, 6.07) is 10.2. The summed E-state index contributed by atoms with van der Waals surface area (Å²) in [6.07, 6.45) is -4.60. The third-order valence-corrected chi connectivity index (χ3v) is 5.31. The van der Waals surface area contributed by atoms with Crippen LogP contribution in [0, 0.1) is 0 Å². The number of nitrogens with one attached hydrogen (secondary N) is 1. The van der Waals surface area contributed by atoms with Gasteiger partial charge in [0.15, 0.2) is 9.84 Å². The molecule has 1 amide bonds. The Bertz CT molecular complexity index is 859. The molecule has 0 radical (unpaired) electrons. The van der Waals surface area contributed by atoms with Gasteiger partial charge in [-0.05, 0) is 29.8 Å². The fourth-order valence-corrected chi connectivity index (χ4v) is 3.24. The van der Waals surface area contributed by atoms with Gasteiger partial charge in [0.25, 0.3) is 0 Å². The van der Waals surface area contributed by atoms with Crippen LogP contribution in [-0.2, 0) is 27.2 Å². The van der Waals surface area contributed by atoms with Crippen LogP contribution in [0.3, 0.4) is 0 Å². The summed E-state index contributed by atoms with van der Waals surface area (Å²) in [5, 5.41) is 2.50. The molecular weight excluding hydrogens is 355 g/mol. The highest BCUT2D eigenvalue weighted by atomic mass is 32.2. The Labute approximate surface area is 143 Å². The lowest BCUT2D eigenvalue weighted by molar-refractivity contribution is -0.137. The predicted octanol–water partition coefficient (Wildman–Crippen LogP) is 3.68. The number of anilines is 1. The minimum absolute atomic E-state index is 0.0123. The van der Waals surface area contributed by atoms with Crippen molar-refractivity contribution < 1.29 is 26.4 Å². The Morgan fingerprint density at radius 2 is 1.64 bits per heavy atom. The maximum atomic E-state index is 12.5. The second kappa shape index (κ2) is 7.26. The molecule has 0 saturated carbocycles. The van der Waals surface area contributed by atoms with Gasteiger partial charge in [0.05, 0.1) is 28.3 Å². The van der Waals surface area contributed by atoms with Gasteiger partial charge in [-0.1, -0.05) is 31.2 Å². The summed E-state index contributed by atoms with van der Waals surface area (Å²) < 4.78 is 61.6. The fourth-order valence-electron chi connectivity index (χ4n) is 2.19. The number of alkyl halides is 3. The molecule has 0 saturated heterocycles. The van der Waals surface area contributed by atoms with Gasteiger partial charge in [0, 0.05) is 0 Å². The van der Waals surface area contributed by atoms with Gasteiger partial charge in [-0.25, -0.2) is 8.42 Å². The summed E-state index contributed by atoms with van der Waals surface area (Å²) in [5.41, 5.74) is -0.251. The molecule has 0 aliphatic heterocycles. The number of rotatable bonds is 5. The molecular formula is C17H16F3NO3S. The molecule has 2 rings (SSSR count). The summed E-state index contributed by atoms with van der Waals surface area (Å²) in [5.74, 6) is -0.628. The van der Waals surface area contributed by atoms with Crippen molar-refractivity contribution in [3.63, 3.8) is 0 Å². The van der Waals surface area contributed by atoms with Crippen molar-refractivity contribution in [2.45, 2.75) is 24.4 Å². The van der Waals surface area contributed by atoms with Crippen LogP contribution in [0.25, 0.3) is 0 Å². The number of benzene rings is 2. The van der Waals surface area contributed by atoms with E-state index in [9.17, 15) is 26.4 Å². The molecule has 0 atom stereocenters. The summed E-state index contributed by atoms with van der Waals surface area (Å²) >= 11 is 0. The zero-order valence-corrected chi connectivity index (χ0v) is 14.1. The molecule has 2 aromatic rings. The number of amides is 1. The lowest BCUT2D eigenvalue weighted by atomic mass is 10.1. The molecule has 0 aromatic heterocycles. The summed E-state index contributed by atoms with van der Waals surface area (Å²) in [4.78, 5) is 12.1. The van der Waals surface area contributed by atoms with Gasteiger partial charge in [0.1, 0.15) is 0 Å². The van der Waals surface area contributed by atoms with Gasteiger partial charge in [-0.2, -0.15) is 13.2 Å². The quantitative estimate of drug-likeness (QED) is 0.872. The van der Waals surface area contributed by atoms with Crippen molar-refractivity contribution in [1.82, 2.24) is 0 Å². The monoisotopic (exact) mass is 371 g/mol. The van der Waals surface area contributed by atoms with Crippen molar-refractivity contribution in [3.05, 3.63) is 59.7 Å². The molecule has 25 heavy (non-hydrogen) atoms. The maximum Gasteiger partial charge on any atom is 0.416 e. The largest absolute Gasteiger partial charge is 0.416 e. The SMILES string of the molecule is CCS(=O)(=O)c1ccccc1NC(=O)Cc1ccc(C(F)(F)F)cc1. The first-order valence-electron chi connectivity index (χ1n) is 7.41. The number of para-hydroxylation sites is 1. The molecule has 0 bridgehead atoms. The molecule has 2 aromatic carbocycles. The molecule has 0 aliphatic carbocycles. The average Bonchev–Trinajstić information content (AvgIpc) is 2.54. The molecule has 0 fully saturated rings. The third kappa shape index (κ3) is 4.82. The summed E-state index contributed by atoms with van der Waals surface area (Å²) in [7, 11) is -3.51. The van der Waals surface area contributed by atoms with E-state index in [-0.39, 0.29) is 22.8 Å². The molecule has 0 heterocycles. The smallest absolute Gasteiger partial charge is 0.325 e. The van der Waals surface area contributed by atoms with Crippen molar-refractivity contribution in [1.29, 1.82) is 0 Å². The lowest BCUT2D eigenvalue weighted by Gasteiger charge is -2.11. The number of hydrogen-bond donors (Lipinski definition) is 1. The first-order chi connectivity index (χ1) is 11.6. The maximum absolute atomic E-state index is 12.5. The fraction of sp³-hybridized carbons (Fsp3) is 0.235. The number of hydrogen-bond acceptors (Lipinski definition) is 3. The average molecular weight is 371 g/mol. The van der Waals surface area contributed by atoms with E-state index in [0.29, 0.717) is 5.56 Å². The number of carbonyl (C=O) groups excluding carboxylic acids is 1. The van der Waals surface area contributed by atoms with Crippen LogP contribution < -0.4 is 5.32 Å². The third-order valence-electron chi connectivity index (χ3n) is 3.52. The van der Waals surface area contributed by atoms with Crippen LogP contribution in [0.2, 0.25) is 0 Å². The van der Waals surface area contributed by atoms with Crippen LogP contribution >= 0.6 is 0 Å².